The molecule has 44 heavy (non-hydrogen) atoms. The smallest absolute Gasteiger partial charge is 0.423 e. The van der Waals surface area contributed by atoms with E-state index in [1.165, 1.54) is 38.5 Å². The number of hydrogen-bond donors (Lipinski definition) is 1. The molecule has 2 heterocycles. The van der Waals surface area contributed by atoms with Gasteiger partial charge >= 0.3 is 6.09 Å². The van der Waals surface area contributed by atoms with Crippen molar-refractivity contribution in [3.8, 4) is 17.2 Å². The SMILES string of the molecule is COC(=O)N1C(=O)C2CC=C3C(CC4(Cl)C(=O)N(c5ccc(F)cc5)C(=O)C4(Cl)C3c3cc(OC)c(O)c(OC)c3)C2C1=O. The average molecular weight is 647 g/mol. The van der Waals surface area contributed by atoms with Crippen LogP contribution in [0, 0.1) is 23.6 Å². The number of likely N-dealkylation sites (tertiary alicyclic amines) is 1. The Kier molecular flexibility index (Phi) is 6.93. The van der Waals surface area contributed by atoms with Crippen molar-refractivity contribution < 1.29 is 47.7 Å². The van der Waals surface area contributed by atoms with Crippen LogP contribution in [0.2, 0.25) is 0 Å². The normalized spacial score (nSPS) is 30.9. The summed E-state index contributed by atoms with van der Waals surface area (Å²) in [6, 6.07) is 7.45. The van der Waals surface area contributed by atoms with Crippen LogP contribution in [0.3, 0.4) is 0 Å². The number of imide groups is 4. The number of benzene rings is 2. The number of methoxy groups -OCH3 is 3. The third-order valence-corrected chi connectivity index (χ3v) is 10.5. The molecule has 1 N–H and O–H groups in total. The van der Waals surface area contributed by atoms with Crippen LogP contribution in [-0.4, -0.2) is 70.8 Å². The maximum atomic E-state index is 14.4. The molecule has 0 aromatic heterocycles. The van der Waals surface area contributed by atoms with E-state index >= 15 is 0 Å². The minimum Gasteiger partial charge on any atom is -0.502 e. The summed E-state index contributed by atoms with van der Waals surface area (Å²) in [5, 5.41) is 10.6. The molecule has 0 spiro atoms. The van der Waals surface area contributed by atoms with Gasteiger partial charge in [0.2, 0.25) is 17.6 Å². The monoisotopic (exact) mass is 646 g/mol. The van der Waals surface area contributed by atoms with E-state index < -0.39 is 69.0 Å². The van der Waals surface area contributed by atoms with Crippen LogP contribution in [0.15, 0.2) is 48.0 Å². The van der Waals surface area contributed by atoms with Gasteiger partial charge < -0.3 is 19.3 Å². The predicted octanol–water partition coefficient (Wildman–Crippen LogP) is 3.88. The van der Waals surface area contributed by atoms with Crippen LogP contribution in [0.4, 0.5) is 14.9 Å². The first kappa shape index (κ1) is 29.9. The van der Waals surface area contributed by atoms with Gasteiger partial charge in [-0.15, -0.1) is 23.2 Å². The topological polar surface area (TPSA) is 140 Å². The Bertz CT molecular complexity index is 1660. The molecule has 2 aromatic rings. The van der Waals surface area contributed by atoms with Gasteiger partial charge in [0.1, 0.15) is 5.82 Å². The fraction of sp³-hybridized carbons (Fsp3) is 0.367. The van der Waals surface area contributed by atoms with E-state index in [9.17, 15) is 33.5 Å². The summed E-state index contributed by atoms with van der Waals surface area (Å²) in [5.74, 6) is -8.61. The molecule has 2 aromatic carbocycles. The van der Waals surface area contributed by atoms with Gasteiger partial charge in [0.15, 0.2) is 21.2 Å². The number of carbonyl (C=O) groups excluding carboxylic acids is 5. The van der Waals surface area contributed by atoms with E-state index in [2.05, 4.69) is 4.74 Å². The number of phenols is 1. The summed E-state index contributed by atoms with van der Waals surface area (Å²) < 4.78 is 29.2. The molecule has 230 valence electrons. The second kappa shape index (κ2) is 10.2. The molecular formula is C30H25Cl2FN2O9. The van der Waals surface area contributed by atoms with Crippen LogP contribution in [0.25, 0.3) is 0 Å². The number of fused-ring (bicyclic) bond motifs is 4. The maximum absolute atomic E-state index is 14.4. The number of amides is 5. The fourth-order valence-electron chi connectivity index (χ4n) is 7.12. The summed E-state index contributed by atoms with van der Waals surface area (Å²) in [6.45, 7) is 0. The van der Waals surface area contributed by atoms with Crippen molar-refractivity contribution in [2.24, 2.45) is 17.8 Å². The average Bonchev–Trinajstić information content (AvgIpc) is 3.35. The number of hydrogen-bond acceptors (Lipinski definition) is 9. The largest absolute Gasteiger partial charge is 0.502 e. The van der Waals surface area contributed by atoms with Gasteiger partial charge in [0, 0.05) is 5.92 Å². The number of ether oxygens (including phenoxy) is 3. The zero-order valence-electron chi connectivity index (χ0n) is 23.5. The molecule has 5 amide bonds. The highest BCUT2D eigenvalue weighted by Crippen LogP contribution is 2.66. The fourth-order valence-corrected chi connectivity index (χ4v) is 8.06. The summed E-state index contributed by atoms with van der Waals surface area (Å²) in [7, 11) is 3.65. The van der Waals surface area contributed by atoms with E-state index in [1.54, 1.807) is 6.08 Å². The van der Waals surface area contributed by atoms with Gasteiger partial charge in [-0.2, -0.15) is 4.90 Å². The van der Waals surface area contributed by atoms with Crippen LogP contribution >= 0.6 is 23.2 Å². The Morgan fingerprint density at radius 3 is 2.14 bits per heavy atom. The summed E-state index contributed by atoms with van der Waals surface area (Å²) in [5.41, 5.74) is 0.714. The first-order valence-electron chi connectivity index (χ1n) is 13.5. The lowest BCUT2D eigenvalue weighted by molar-refractivity contribution is -0.138. The number of allylic oxidation sites excluding steroid dienone is 2. The van der Waals surface area contributed by atoms with Crippen molar-refractivity contribution in [1.29, 1.82) is 0 Å². The van der Waals surface area contributed by atoms with E-state index in [1.807, 2.05) is 0 Å². The molecular weight excluding hydrogens is 622 g/mol. The highest BCUT2D eigenvalue weighted by molar-refractivity contribution is 6.58. The third-order valence-electron chi connectivity index (χ3n) is 9.09. The van der Waals surface area contributed by atoms with Crippen molar-refractivity contribution >= 4 is 58.6 Å². The number of anilines is 1. The van der Waals surface area contributed by atoms with E-state index in [0.29, 0.717) is 10.5 Å². The van der Waals surface area contributed by atoms with Gasteiger partial charge in [-0.05, 0) is 60.7 Å². The van der Waals surface area contributed by atoms with Gasteiger partial charge in [0.05, 0.1) is 38.9 Å². The highest BCUT2D eigenvalue weighted by atomic mass is 35.5. The van der Waals surface area contributed by atoms with Crippen LogP contribution in [0.5, 0.6) is 17.2 Å². The van der Waals surface area contributed by atoms with Gasteiger partial charge in [-0.25, -0.2) is 14.1 Å². The molecule has 4 aliphatic rings. The quantitative estimate of drug-likeness (QED) is 0.298. The Morgan fingerprint density at radius 1 is 0.955 bits per heavy atom. The highest BCUT2D eigenvalue weighted by Gasteiger charge is 2.76. The van der Waals surface area contributed by atoms with Gasteiger partial charge in [0.25, 0.3) is 11.8 Å². The molecule has 2 aliphatic carbocycles. The van der Waals surface area contributed by atoms with Crippen molar-refractivity contribution in [3.05, 3.63) is 59.4 Å². The summed E-state index contributed by atoms with van der Waals surface area (Å²) in [6.07, 6.45) is 0.208. The Labute approximate surface area is 260 Å². The van der Waals surface area contributed by atoms with Crippen molar-refractivity contribution in [2.75, 3.05) is 26.2 Å². The van der Waals surface area contributed by atoms with E-state index in [0.717, 1.165) is 24.1 Å². The number of carbonyl (C=O) groups is 5. The number of halogens is 3. The Morgan fingerprint density at radius 2 is 1.57 bits per heavy atom. The van der Waals surface area contributed by atoms with E-state index in [-0.39, 0.29) is 41.3 Å². The van der Waals surface area contributed by atoms with Crippen molar-refractivity contribution in [3.63, 3.8) is 0 Å². The Balaban J connectivity index is 1.59. The lowest BCUT2D eigenvalue weighted by atomic mass is 9.56. The predicted molar refractivity (Wildman–Crippen MR) is 152 cm³/mol. The summed E-state index contributed by atoms with van der Waals surface area (Å²) >= 11 is 14.6. The van der Waals surface area contributed by atoms with Crippen LogP contribution in [-0.2, 0) is 23.9 Å². The van der Waals surface area contributed by atoms with Gasteiger partial charge in [-0.1, -0.05) is 11.6 Å². The van der Waals surface area contributed by atoms with Crippen molar-refractivity contribution in [1.82, 2.24) is 4.90 Å². The summed E-state index contributed by atoms with van der Waals surface area (Å²) in [4.78, 5) is 64.8. The molecule has 14 heteroatoms. The molecule has 6 atom stereocenters. The molecule has 11 nitrogen and oxygen atoms in total. The zero-order valence-corrected chi connectivity index (χ0v) is 25.0. The molecule has 3 fully saturated rings. The van der Waals surface area contributed by atoms with Crippen LogP contribution < -0.4 is 14.4 Å². The first-order valence-corrected chi connectivity index (χ1v) is 14.2. The molecule has 6 unspecified atom stereocenters. The van der Waals surface area contributed by atoms with Gasteiger partial charge in [-0.3, -0.25) is 19.2 Å². The second-order valence-electron chi connectivity index (χ2n) is 11.0. The first-order chi connectivity index (χ1) is 20.8. The molecule has 6 rings (SSSR count). The molecule has 0 radical (unpaired) electrons. The number of rotatable bonds is 4. The van der Waals surface area contributed by atoms with E-state index in [4.69, 9.17) is 32.7 Å². The standard InChI is InChI=1S/C30H25Cl2FN2O9/c1-42-19-10-13(11-20(43-2)23(19)36)22-16-8-9-17-21(25(38)35(24(17)37)28(41)44-3)18(16)12-29(31)26(39)34(27(40)30(22,29)32)15-6-4-14(33)5-7-15/h4-8,10-11,17-18,21-22,36H,9,12H2,1-3H3. The number of alkyl halides is 2. The molecule has 2 aliphatic heterocycles. The minimum absolute atomic E-state index is 0.0174. The Hall–Kier alpha value is -4.16. The zero-order chi connectivity index (χ0) is 31.9. The lowest BCUT2D eigenvalue weighted by Crippen LogP contribution is -2.60. The minimum atomic E-state index is -2.21. The molecule has 2 saturated heterocycles. The molecule has 1 saturated carbocycles. The number of aromatic hydroxyl groups is 1. The molecule has 0 bridgehead atoms. The number of nitrogens with zero attached hydrogens (tertiary/aromatic N) is 2. The third kappa shape index (κ3) is 3.76. The number of phenolic OH excluding ortho intramolecular Hbond substituents is 1. The van der Waals surface area contributed by atoms with Crippen LogP contribution in [0.1, 0.15) is 24.3 Å². The van der Waals surface area contributed by atoms with Crippen molar-refractivity contribution in [2.45, 2.75) is 28.5 Å². The maximum Gasteiger partial charge on any atom is 0.423 e. The second-order valence-corrected chi connectivity index (χ2v) is 12.2. The lowest BCUT2D eigenvalue weighted by Gasteiger charge is -2.50.